The summed E-state index contributed by atoms with van der Waals surface area (Å²) in [5, 5.41) is 47.1. The summed E-state index contributed by atoms with van der Waals surface area (Å²) in [6, 6.07) is 15.5. The molecule has 0 aliphatic carbocycles. The fourth-order valence-electron chi connectivity index (χ4n) is 10.8. The first-order valence-electron chi connectivity index (χ1n) is 30.0. The van der Waals surface area contributed by atoms with Gasteiger partial charge < -0.3 is 62.0 Å². The van der Waals surface area contributed by atoms with Crippen LogP contribution >= 0.6 is 12.4 Å². The minimum absolute atomic E-state index is 0. The number of piperidine rings is 3. The molecule has 9 atom stereocenters. The van der Waals surface area contributed by atoms with Crippen LogP contribution in [0.3, 0.4) is 0 Å². The Morgan fingerprint density at radius 3 is 1.16 bits per heavy atom. The molecule has 9 N–H and O–H groups in total. The summed E-state index contributed by atoms with van der Waals surface area (Å²) < 4.78 is 10.1. The number of halogens is 1. The van der Waals surface area contributed by atoms with Crippen LogP contribution in [0, 0.1) is 51.7 Å². The first-order chi connectivity index (χ1) is 42.5. The van der Waals surface area contributed by atoms with Gasteiger partial charge in [-0.05, 0) is 136 Å². The topological polar surface area (TPSA) is 383 Å². The second-order valence-electron chi connectivity index (χ2n) is 25.3. The van der Waals surface area contributed by atoms with Gasteiger partial charge in [0.25, 0.3) is 0 Å². The number of nitrogens with two attached hydrogens (primary N) is 2. The van der Waals surface area contributed by atoms with Gasteiger partial charge in [-0.2, -0.15) is 15.8 Å². The molecule has 3 aliphatic rings. The molecule has 486 valence electrons. The predicted octanol–water partition coefficient (Wildman–Crippen LogP) is 7.01. The number of aliphatic carboxylic acids is 1. The number of carboxylic acid groups (broad SMARTS) is 1. The standard InChI is InChI=1S/C23H30N6O3.C18H22N6O.C15H17N5.C8H15NO4.ClH/c1-14-10-17(28-21(30)15(2)27-22(31)32-23(3,4)5)13-29(12-14)18-7-6-16(11-24)19-20(18)26-9-8-25-19;1-11-7-14(23-18(25)12(2)20)10-24(9-11)15-4-3-13(8-19)16-17(15)22-6-5-21-16;1-10-6-12(17)9-20(8-10)13-3-2-11(7-16)14-15(13)19-5-4-18-14;1-5(6(10)11)9-7(12)13-8(2,3)4;/h6-9,14-15,17H,10,12-13H2,1-5H3,(H,27,31)(H,28,30);3-6,11-12,14H,7,9-10,20H2,1-2H3,(H,23,25);2-5,10,12H,6,8-9,17H2,1H3;5H,1-4H3,(H,9,12)(H,10,11);1H/t14-,15+,17+;11-,12+,14+;10-,12+;5-;/m0001./s1. The molecule has 0 radical (unpaired) electrons. The van der Waals surface area contributed by atoms with Crippen LogP contribution in [0.5, 0.6) is 0 Å². The Balaban J connectivity index is 0.000000229. The highest BCUT2D eigenvalue weighted by Crippen LogP contribution is 2.33. The highest BCUT2D eigenvalue weighted by molar-refractivity contribution is 5.94. The first-order valence-corrected chi connectivity index (χ1v) is 30.0. The Kier molecular flexibility index (Phi) is 25.8. The van der Waals surface area contributed by atoms with Crippen LogP contribution in [-0.2, 0) is 23.9 Å². The van der Waals surface area contributed by atoms with Crippen molar-refractivity contribution < 1.29 is 38.6 Å². The van der Waals surface area contributed by atoms with Gasteiger partial charge in [-0.1, -0.05) is 20.8 Å². The maximum atomic E-state index is 12.7. The monoisotopic (exact) mass is 1270 g/mol. The molecule has 9 rings (SSSR count). The van der Waals surface area contributed by atoms with E-state index in [0.717, 1.165) is 68.0 Å². The number of carboxylic acids is 1. The Bertz CT molecular complexity index is 3640. The van der Waals surface area contributed by atoms with Crippen LogP contribution in [0.25, 0.3) is 33.1 Å². The number of nitrogens with zero attached hydrogens (tertiary/aromatic N) is 12. The number of alkyl carbamates (subject to hydrolysis) is 2. The van der Waals surface area contributed by atoms with E-state index in [1.54, 1.807) is 105 Å². The highest BCUT2D eigenvalue weighted by atomic mass is 35.5. The predicted molar refractivity (Wildman–Crippen MR) is 349 cm³/mol. The van der Waals surface area contributed by atoms with Gasteiger partial charge in [0.05, 0.1) is 39.8 Å². The summed E-state index contributed by atoms with van der Waals surface area (Å²) in [4.78, 5) is 90.8. The van der Waals surface area contributed by atoms with E-state index < -0.39 is 47.5 Å². The minimum atomic E-state index is -1.09. The molecule has 0 unspecified atom stereocenters. The molecule has 6 aromatic rings. The van der Waals surface area contributed by atoms with Crippen LogP contribution in [0.2, 0.25) is 0 Å². The van der Waals surface area contributed by atoms with Crippen molar-refractivity contribution in [2.75, 3.05) is 54.0 Å². The maximum Gasteiger partial charge on any atom is 0.408 e. The van der Waals surface area contributed by atoms with Gasteiger partial charge in [-0.25, -0.2) is 9.59 Å². The molecule has 3 aromatic carbocycles. The Hall–Kier alpha value is -9.29. The van der Waals surface area contributed by atoms with Crippen LogP contribution < -0.4 is 47.4 Å². The van der Waals surface area contributed by atoms with Gasteiger partial charge in [0, 0.05) is 94.6 Å². The normalized spacial score (nSPS) is 19.7. The fourth-order valence-corrected chi connectivity index (χ4v) is 10.8. The third-order valence-electron chi connectivity index (χ3n) is 14.5. The molecule has 3 aliphatic heterocycles. The molecule has 6 heterocycles. The molecule has 3 fully saturated rings. The number of fused-ring (bicyclic) bond motifs is 3. The van der Waals surface area contributed by atoms with E-state index in [2.05, 4.69) is 105 Å². The summed E-state index contributed by atoms with van der Waals surface area (Å²) in [7, 11) is 0. The Labute approximate surface area is 537 Å². The van der Waals surface area contributed by atoms with Crippen molar-refractivity contribution >= 4 is 92.5 Å². The van der Waals surface area contributed by atoms with Crippen molar-refractivity contribution in [3.8, 4) is 18.2 Å². The molecule has 0 saturated carbocycles. The second-order valence-corrected chi connectivity index (χ2v) is 25.3. The SMILES string of the molecule is C[C@@H](NC(=O)OC(C)(C)C)C(=O)O.C[C@H]1C[C@@H](N)CN(c2ccc(C#N)c3nccnc23)C1.C[C@H]1C[C@@H](NC(=O)[C@@H](C)N)CN(c2ccc(C#N)c3nccnc23)C1.C[C@H]1C[C@@H](NC(=O)[C@@H](C)NC(=O)OC(C)(C)C)CN(c2ccc(C#N)c3nccnc23)C1.Cl. The van der Waals surface area contributed by atoms with E-state index in [-0.39, 0.29) is 42.3 Å². The zero-order valence-corrected chi connectivity index (χ0v) is 54.5. The van der Waals surface area contributed by atoms with Crippen molar-refractivity contribution in [2.45, 2.75) is 150 Å². The number of rotatable bonds is 10. The van der Waals surface area contributed by atoms with Gasteiger partial charge in [-0.15, -0.1) is 12.4 Å². The molecule has 3 saturated heterocycles. The van der Waals surface area contributed by atoms with E-state index in [1.807, 2.05) is 24.3 Å². The molecule has 3 aromatic heterocycles. The van der Waals surface area contributed by atoms with Crippen molar-refractivity contribution in [1.82, 2.24) is 51.2 Å². The number of hydrogen-bond acceptors (Lipinski definition) is 21. The summed E-state index contributed by atoms with van der Waals surface area (Å²) in [5.41, 5.74) is 19.0. The minimum Gasteiger partial charge on any atom is -0.480 e. The second kappa shape index (κ2) is 32.4. The van der Waals surface area contributed by atoms with E-state index in [1.165, 1.54) is 6.92 Å². The molecule has 27 heteroatoms. The highest BCUT2D eigenvalue weighted by Gasteiger charge is 2.32. The lowest BCUT2D eigenvalue weighted by atomic mass is 9.94. The van der Waals surface area contributed by atoms with Crippen molar-refractivity contribution in [1.29, 1.82) is 15.8 Å². The number of amides is 4. The zero-order valence-electron chi connectivity index (χ0n) is 53.7. The lowest BCUT2D eigenvalue weighted by molar-refractivity contribution is -0.139. The molecular weight excluding hydrogens is 1180 g/mol. The number of carbonyl (C=O) groups is 5. The van der Waals surface area contributed by atoms with Crippen LogP contribution in [0.15, 0.2) is 73.6 Å². The van der Waals surface area contributed by atoms with E-state index in [4.69, 9.17) is 31.3 Å². The van der Waals surface area contributed by atoms with Gasteiger partial charge in [0.2, 0.25) is 11.8 Å². The van der Waals surface area contributed by atoms with E-state index in [0.29, 0.717) is 75.1 Å². The number of aromatic nitrogens is 6. The van der Waals surface area contributed by atoms with Crippen molar-refractivity contribution in [3.05, 3.63) is 90.3 Å². The lowest BCUT2D eigenvalue weighted by Gasteiger charge is -2.38. The molecule has 0 bridgehead atoms. The summed E-state index contributed by atoms with van der Waals surface area (Å²) in [5.74, 6) is -0.199. The van der Waals surface area contributed by atoms with Crippen molar-refractivity contribution in [3.63, 3.8) is 0 Å². The number of benzene rings is 3. The lowest BCUT2D eigenvalue weighted by Crippen LogP contribution is -2.55. The summed E-state index contributed by atoms with van der Waals surface area (Å²) in [6.07, 6.45) is 11.2. The number of hydrogen-bond donors (Lipinski definition) is 7. The average molecular weight is 1270 g/mol. The molecule has 91 heavy (non-hydrogen) atoms. The maximum absolute atomic E-state index is 12.7. The molecule has 4 amide bonds. The van der Waals surface area contributed by atoms with E-state index in [9.17, 15) is 34.5 Å². The van der Waals surface area contributed by atoms with Crippen LogP contribution in [0.1, 0.15) is 119 Å². The summed E-state index contributed by atoms with van der Waals surface area (Å²) in [6.45, 7) is 26.3. The third kappa shape index (κ3) is 20.9. The largest absolute Gasteiger partial charge is 0.480 e. The Morgan fingerprint density at radius 2 is 0.846 bits per heavy atom. The quantitative estimate of drug-likeness (QED) is 0.0725. The molecular formula is C64H85ClN18O8. The van der Waals surface area contributed by atoms with Crippen LogP contribution in [0.4, 0.5) is 26.7 Å². The molecule has 0 spiro atoms. The smallest absolute Gasteiger partial charge is 0.408 e. The number of anilines is 3. The fraction of sp³-hybridized carbons (Fsp3) is 0.500. The van der Waals surface area contributed by atoms with Crippen molar-refractivity contribution in [2.24, 2.45) is 29.2 Å². The average Bonchev–Trinajstić information content (AvgIpc) is 1.10. The number of nitriles is 3. The third-order valence-corrected chi connectivity index (χ3v) is 14.5. The number of carbonyl (C=O) groups excluding carboxylic acids is 4. The number of nitrogens with one attached hydrogen (secondary N) is 4. The zero-order chi connectivity index (χ0) is 66.2. The number of ether oxygens (including phenoxy) is 2. The van der Waals surface area contributed by atoms with Gasteiger partial charge in [-0.3, -0.25) is 44.3 Å². The Morgan fingerprint density at radius 1 is 0.527 bits per heavy atom. The van der Waals surface area contributed by atoms with Gasteiger partial charge in [0.1, 0.15) is 74.6 Å². The summed E-state index contributed by atoms with van der Waals surface area (Å²) >= 11 is 0. The molecule has 26 nitrogen and oxygen atoms in total. The first kappa shape index (κ1) is 72.5. The van der Waals surface area contributed by atoms with E-state index >= 15 is 0 Å². The van der Waals surface area contributed by atoms with Gasteiger partial charge >= 0.3 is 18.2 Å². The van der Waals surface area contributed by atoms with Crippen LogP contribution in [-0.4, -0.2) is 152 Å². The van der Waals surface area contributed by atoms with Gasteiger partial charge in [0.15, 0.2) is 0 Å².